The lowest BCUT2D eigenvalue weighted by Gasteiger charge is -2.35. The van der Waals surface area contributed by atoms with Gasteiger partial charge in [0, 0.05) is 13.1 Å². The molecule has 1 saturated heterocycles. The van der Waals surface area contributed by atoms with Crippen LogP contribution in [0.1, 0.15) is 12.8 Å². The van der Waals surface area contributed by atoms with Gasteiger partial charge < -0.3 is 9.80 Å². The van der Waals surface area contributed by atoms with E-state index in [0.717, 1.165) is 37.6 Å². The highest BCUT2D eigenvalue weighted by Gasteiger charge is 2.24. The van der Waals surface area contributed by atoms with Gasteiger partial charge in [0.05, 0.1) is 5.69 Å². The second-order valence-electron chi connectivity index (χ2n) is 5.65. The van der Waals surface area contributed by atoms with Gasteiger partial charge in [-0.2, -0.15) is 0 Å². The van der Waals surface area contributed by atoms with Crippen LogP contribution in [0.5, 0.6) is 0 Å². The minimum Gasteiger partial charge on any atom is -0.341 e. The van der Waals surface area contributed by atoms with Crippen molar-refractivity contribution in [1.29, 1.82) is 0 Å². The largest absolute Gasteiger partial charge is 0.341 e. The third kappa shape index (κ3) is 2.87. The number of nitrogens with zero attached hydrogens (tertiary/aromatic N) is 4. The van der Waals surface area contributed by atoms with Crippen LogP contribution in [0.3, 0.4) is 0 Å². The molecule has 2 heterocycles. The van der Waals surface area contributed by atoms with Gasteiger partial charge in [0.2, 0.25) is 10.7 Å². The molecule has 6 heteroatoms. The molecule has 3 rings (SSSR count). The fourth-order valence-corrected chi connectivity index (χ4v) is 3.11. The Balaban J connectivity index is 1.91. The van der Waals surface area contributed by atoms with E-state index < -0.39 is 0 Å². The Morgan fingerprint density at radius 1 is 1.24 bits per heavy atom. The third-order valence-electron chi connectivity index (χ3n) is 4.22. The SMILES string of the molecule is CN1CCC(N(C)c2n[nH]c(=S)n2-c2ccccc2)CC1. The van der Waals surface area contributed by atoms with Gasteiger partial charge in [-0.3, -0.25) is 4.57 Å². The maximum atomic E-state index is 5.40. The average molecular weight is 303 g/mol. The molecule has 0 spiro atoms. The molecule has 1 N–H and O–H groups in total. The van der Waals surface area contributed by atoms with Crippen LogP contribution in [0.4, 0.5) is 5.95 Å². The zero-order valence-electron chi connectivity index (χ0n) is 12.5. The van der Waals surface area contributed by atoms with Gasteiger partial charge in [0.25, 0.3) is 0 Å². The van der Waals surface area contributed by atoms with Crippen LogP contribution in [0.2, 0.25) is 0 Å². The van der Waals surface area contributed by atoms with Crippen LogP contribution < -0.4 is 4.90 Å². The Labute approximate surface area is 130 Å². The maximum absolute atomic E-state index is 5.40. The third-order valence-corrected chi connectivity index (χ3v) is 4.49. The Bertz CT molecular complexity index is 640. The van der Waals surface area contributed by atoms with Crippen molar-refractivity contribution in [3.8, 4) is 5.69 Å². The van der Waals surface area contributed by atoms with Crippen LogP contribution in [0.15, 0.2) is 30.3 Å². The van der Waals surface area contributed by atoms with E-state index in [1.807, 2.05) is 22.8 Å². The molecule has 0 radical (unpaired) electrons. The quantitative estimate of drug-likeness (QED) is 0.884. The second-order valence-corrected chi connectivity index (χ2v) is 6.03. The van der Waals surface area contributed by atoms with Gasteiger partial charge in [0.15, 0.2) is 0 Å². The normalized spacial score (nSPS) is 17.0. The lowest BCUT2D eigenvalue weighted by molar-refractivity contribution is 0.252. The molecule has 1 aromatic carbocycles. The van der Waals surface area contributed by atoms with Crippen LogP contribution in [-0.2, 0) is 0 Å². The topological polar surface area (TPSA) is 40.1 Å². The summed E-state index contributed by atoms with van der Waals surface area (Å²) in [7, 11) is 4.29. The monoisotopic (exact) mass is 303 g/mol. The number of nitrogens with one attached hydrogen (secondary N) is 1. The molecule has 0 saturated carbocycles. The number of rotatable bonds is 3. The summed E-state index contributed by atoms with van der Waals surface area (Å²) in [5.74, 6) is 0.890. The summed E-state index contributed by atoms with van der Waals surface area (Å²) >= 11 is 5.40. The highest BCUT2D eigenvalue weighted by Crippen LogP contribution is 2.23. The molecule has 0 bridgehead atoms. The number of hydrogen-bond donors (Lipinski definition) is 1. The first-order valence-corrected chi connectivity index (χ1v) is 7.72. The summed E-state index contributed by atoms with van der Waals surface area (Å²) in [6.07, 6.45) is 2.31. The highest BCUT2D eigenvalue weighted by molar-refractivity contribution is 7.71. The summed E-state index contributed by atoms with van der Waals surface area (Å²) in [5.41, 5.74) is 1.05. The first kappa shape index (κ1) is 14.3. The molecule has 21 heavy (non-hydrogen) atoms. The van der Waals surface area contributed by atoms with E-state index in [-0.39, 0.29) is 0 Å². The number of H-pyrrole nitrogens is 1. The first-order valence-electron chi connectivity index (χ1n) is 7.31. The zero-order chi connectivity index (χ0) is 14.8. The molecule has 1 aromatic heterocycles. The number of benzene rings is 1. The van der Waals surface area contributed by atoms with Crippen molar-refractivity contribution in [2.45, 2.75) is 18.9 Å². The minimum absolute atomic E-state index is 0.508. The fraction of sp³-hybridized carbons (Fsp3) is 0.467. The molecule has 5 nitrogen and oxygen atoms in total. The smallest absolute Gasteiger partial charge is 0.230 e. The second kappa shape index (κ2) is 5.99. The van der Waals surface area contributed by atoms with Crippen molar-refractivity contribution in [2.75, 3.05) is 32.1 Å². The van der Waals surface area contributed by atoms with E-state index >= 15 is 0 Å². The Morgan fingerprint density at radius 2 is 1.90 bits per heavy atom. The molecule has 1 fully saturated rings. The van der Waals surface area contributed by atoms with E-state index in [1.54, 1.807) is 0 Å². The molecule has 112 valence electrons. The minimum atomic E-state index is 0.508. The van der Waals surface area contributed by atoms with Gasteiger partial charge in [-0.05, 0) is 57.3 Å². The van der Waals surface area contributed by atoms with Crippen molar-refractivity contribution in [3.63, 3.8) is 0 Å². The number of aromatic nitrogens is 3. The maximum Gasteiger partial charge on any atom is 0.230 e. The van der Waals surface area contributed by atoms with E-state index in [1.165, 1.54) is 0 Å². The van der Waals surface area contributed by atoms with E-state index in [4.69, 9.17) is 12.2 Å². The predicted molar refractivity (Wildman–Crippen MR) is 87.7 cm³/mol. The molecule has 0 atom stereocenters. The van der Waals surface area contributed by atoms with Crippen molar-refractivity contribution in [2.24, 2.45) is 0 Å². The molecular weight excluding hydrogens is 282 g/mol. The Kier molecular flexibility index (Phi) is 4.07. The van der Waals surface area contributed by atoms with Crippen LogP contribution in [0.25, 0.3) is 5.69 Å². The van der Waals surface area contributed by atoms with Gasteiger partial charge in [-0.25, -0.2) is 5.10 Å². The number of para-hydroxylation sites is 1. The molecule has 0 unspecified atom stereocenters. The zero-order valence-corrected chi connectivity index (χ0v) is 13.3. The number of hydrogen-bond acceptors (Lipinski definition) is 4. The average Bonchev–Trinajstić information content (AvgIpc) is 2.90. The summed E-state index contributed by atoms with van der Waals surface area (Å²) in [6.45, 7) is 2.26. The van der Waals surface area contributed by atoms with E-state index in [9.17, 15) is 0 Å². The standard InChI is InChI=1S/C15H21N5S/c1-18-10-8-12(9-11-18)19(2)14-16-17-15(21)20(14)13-6-4-3-5-7-13/h3-7,12H,8-11H2,1-2H3,(H,17,21). The van der Waals surface area contributed by atoms with Gasteiger partial charge in [0.1, 0.15) is 0 Å². The number of aromatic amines is 1. The Morgan fingerprint density at radius 3 is 2.57 bits per heavy atom. The van der Waals surface area contributed by atoms with Crippen molar-refractivity contribution in [1.82, 2.24) is 19.7 Å². The number of anilines is 1. The molecule has 1 aliphatic heterocycles. The van der Waals surface area contributed by atoms with Gasteiger partial charge >= 0.3 is 0 Å². The van der Waals surface area contributed by atoms with Crippen LogP contribution >= 0.6 is 12.2 Å². The Hall–Kier alpha value is -1.66. The lowest BCUT2D eigenvalue weighted by Crippen LogP contribution is -2.42. The molecule has 0 amide bonds. The molecule has 0 aliphatic carbocycles. The summed E-state index contributed by atoms with van der Waals surface area (Å²) in [5, 5.41) is 7.37. The first-order chi connectivity index (χ1) is 10.2. The number of piperidine rings is 1. The van der Waals surface area contributed by atoms with Crippen molar-refractivity contribution < 1.29 is 0 Å². The fourth-order valence-electron chi connectivity index (χ4n) is 2.88. The predicted octanol–water partition coefficient (Wildman–Crippen LogP) is 2.46. The molecular formula is C15H21N5S. The molecule has 1 aliphatic rings. The summed E-state index contributed by atoms with van der Waals surface area (Å²) < 4.78 is 2.64. The highest BCUT2D eigenvalue weighted by atomic mass is 32.1. The van der Waals surface area contributed by atoms with Gasteiger partial charge in [-0.15, -0.1) is 5.10 Å². The lowest BCUT2D eigenvalue weighted by atomic mass is 10.0. The van der Waals surface area contributed by atoms with Crippen molar-refractivity contribution in [3.05, 3.63) is 35.1 Å². The van der Waals surface area contributed by atoms with Crippen molar-refractivity contribution >= 4 is 18.2 Å². The van der Waals surface area contributed by atoms with Crippen LogP contribution in [-0.4, -0.2) is 52.9 Å². The van der Waals surface area contributed by atoms with E-state index in [2.05, 4.69) is 46.2 Å². The van der Waals surface area contributed by atoms with E-state index in [0.29, 0.717) is 10.8 Å². The molecule has 2 aromatic rings. The van der Waals surface area contributed by atoms with Gasteiger partial charge in [-0.1, -0.05) is 18.2 Å². The summed E-state index contributed by atoms with van der Waals surface area (Å²) in [6, 6.07) is 10.7. The van der Waals surface area contributed by atoms with Crippen LogP contribution in [0, 0.1) is 4.77 Å². The number of likely N-dealkylation sites (tertiary alicyclic amines) is 1. The summed E-state index contributed by atoms with van der Waals surface area (Å²) in [4.78, 5) is 4.63.